The molecule has 3 rings (SSSR count). The van der Waals surface area contributed by atoms with Crippen molar-refractivity contribution in [1.29, 1.82) is 0 Å². The maximum absolute atomic E-state index is 12.7. The molecular weight excluding hydrogens is 320 g/mol. The van der Waals surface area contributed by atoms with Crippen LogP contribution in [0, 0.1) is 0 Å². The number of carbonyl (C=O) groups excluding carboxylic acids is 1. The lowest BCUT2D eigenvalue weighted by Gasteiger charge is -2.45. The van der Waals surface area contributed by atoms with Crippen LogP contribution in [0.3, 0.4) is 0 Å². The van der Waals surface area contributed by atoms with Crippen molar-refractivity contribution in [1.82, 2.24) is 10.2 Å². The van der Waals surface area contributed by atoms with Gasteiger partial charge in [-0.1, -0.05) is 25.0 Å². The van der Waals surface area contributed by atoms with E-state index in [0.29, 0.717) is 6.54 Å². The van der Waals surface area contributed by atoms with Gasteiger partial charge < -0.3 is 26.0 Å². The molecule has 2 heterocycles. The molecule has 2 unspecified atom stereocenters. The SMILES string of the molecule is NC1CN(C(=O)O)CC2C(=O)NCCCCCCc3cccc(c3)N12. The van der Waals surface area contributed by atoms with Crippen molar-refractivity contribution in [2.75, 3.05) is 24.5 Å². The van der Waals surface area contributed by atoms with E-state index < -0.39 is 18.3 Å². The fourth-order valence-corrected chi connectivity index (χ4v) is 3.66. The van der Waals surface area contributed by atoms with E-state index >= 15 is 0 Å². The number of carbonyl (C=O) groups is 2. The quantitative estimate of drug-likeness (QED) is 0.659. The molecule has 1 saturated heterocycles. The normalized spacial score (nSPS) is 25.1. The Bertz CT molecular complexity index is 637. The zero-order chi connectivity index (χ0) is 17.8. The van der Waals surface area contributed by atoms with Crippen LogP contribution in [0.5, 0.6) is 0 Å². The Morgan fingerprint density at radius 3 is 2.80 bits per heavy atom. The summed E-state index contributed by atoms with van der Waals surface area (Å²) in [6.45, 7) is 0.922. The molecular formula is C18H26N4O3. The predicted octanol–water partition coefficient (Wildman–Crippen LogP) is 1.37. The van der Waals surface area contributed by atoms with Gasteiger partial charge in [-0.05, 0) is 37.0 Å². The van der Waals surface area contributed by atoms with Gasteiger partial charge in [0.1, 0.15) is 6.04 Å². The molecule has 2 aliphatic rings. The highest BCUT2D eigenvalue weighted by molar-refractivity contribution is 5.87. The van der Waals surface area contributed by atoms with Gasteiger partial charge in [-0.2, -0.15) is 0 Å². The maximum Gasteiger partial charge on any atom is 0.407 e. The van der Waals surface area contributed by atoms with Crippen molar-refractivity contribution in [2.45, 2.75) is 44.3 Å². The zero-order valence-corrected chi connectivity index (χ0v) is 14.4. The number of hydrogen-bond acceptors (Lipinski definition) is 4. The second-order valence-electron chi connectivity index (χ2n) is 6.80. The van der Waals surface area contributed by atoms with Gasteiger partial charge in [-0.3, -0.25) is 4.79 Å². The van der Waals surface area contributed by atoms with Gasteiger partial charge >= 0.3 is 6.09 Å². The minimum Gasteiger partial charge on any atom is -0.465 e. The molecule has 2 atom stereocenters. The van der Waals surface area contributed by atoms with Crippen molar-refractivity contribution < 1.29 is 14.7 Å². The number of fused-ring (bicyclic) bond motifs is 4. The molecule has 0 saturated carbocycles. The molecule has 7 nitrogen and oxygen atoms in total. The van der Waals surface area contributed by atoms with Crippen molar-refractivity contribution >= 4 is 17.7 Å². The highest BCUT2D eigenvalue weighted by Crippen LogP contribution is 2.25. The summed E-state index contributed by atoms with van der Waals surface area (Å²) < 4.78 is 0. The molecule has 0 aliphatic carbocycles. The van der Waals surface area contributed by atoms with Crippen molar-refractivity contribution in [3.63, 3.8) is 0 Å². The molecule has 136 valence electrons. The lowest BCUT2D eigenvalue weighted by molar-refractivity contribution is -0.123. The summed E-state index contributed by atoms with van der Waals surface area (Å²) in [6.07, 6.45) is 3.68. The summed E-state index contributed by atoms with van der Waals surface area (Å²) in [5, 5.41) is 12.3. The number of carboxylic acid groups (broad SMARTS) is 1. The first-order valence-electron chi connectivity index (χ1n) is 8.94. The largest absolute Gasteiger partial charge is 0.465 e. The summed E-state index contributed by atoms with van der Waals surface area (Å²) in [4.78, 5) is 27.2. The first-order chi connectivity index (χ1) is 12.1. The first-order valence-corrected chi connectivity index (χ1v) is 8.94. The Kier molecular flexibility index (Phi) is 5.43. The van der Waals surface area contributed by atoms with Crippen molar-refractivity contribution in [3.8, 4) is 0 Å². The Labute approximate surface area is 147 Å². The fraction of sp³-hybridized carbons (Fsp3) is 0.556. The summed E-state index contributed by atoms with van der Waals surface area (Å²) in [5.74, 6) is -0.161. The van der Waals surface area contributed by atoms with Crippen molar-refractivity contribution in [2.24, 2.45) is 5.73 Å². The molecule has 7 heteroatoms. The molecule has 25 heavy (non-hydrogen) atoms. The van der Waals surface area contributed by atoms with Crippen LogP contribution in [0.2, 0.25) is 0 Å². The van der Waals surface area contributed by atoms with E-state index in [4.69, 9.17) is 5.73 Å². The third-order valence-electron chi connectivity index (χ3n) is 4.97. The molecule has 2 bridgehead atoms. The van der Waals surface area contributed by atoms with Crippen LogP contribution in [0.25, 0.3) is 0 Å². The lowest BCUT2D eigenvalue weighted by atomic mass is 10.0. The van der Waals surface area contributed by atoms with Crippen LogP contribution in [0.15, 0.2) is 24.3 Å². The first kappa shape index (κ1) is 17.5. The topological polar surface area (TPSA) is 98.9 Å². The van der Waals surface area contributed by atoms with E-state index in [-0.39, 0.29) is 19.0 Å². The summed E-state index contributed by atoms with van der Waals surface area (Å²) >= 11 is 0. The van der Waals surface area contributed by atoms with Gasteiger partial charge in [-0.25, -0.2) is 4.79 Å². The molecule has 4 N–H and O–H groups in total. The van der Waals surface area contributed by atoms with E-state index in [1.807, 2.05) is 17.0 Å². The van der Waals surface area contributed by atoms with Gasteiger partial charge in [0.05, 0.1) is 19.3 Å². The van der Waals surface area contributed by atoms with Crippen LogP contribution in [-0.4, -0.2) is 53.8 Å². The molecule has 1 fully saturated rings. The van der Waals surface area contributed by atoms with Crippen LogP contribution in [-0.2, 0) is 11.2 Å². The minimum atomic E-state index is -1.04. The third-order valence-corrected chi connectivity index (χ3v) is 4.97. The van der Waals surface area contributed by atoms with E-state index in [0.717, 1.165) is 37.8 Å². The molecule has 0 spiro atoms. The average molecular weight is 346 g/mol. The van der Waals surface area contributed by atoms with Gasteiger partial charge in [-0.15, -0.1) is 0 Å². The number of piperazine rings is 1. The molecule has 1 aromatic rings. The van der Waals surface area contributed by atoms with Crippen LogP contribution < -0.4 is 16.0 Å². The smallest absolute Gasteiger partial charge is 0.407 e. The molecule has 2 amide bonds. The predicted molar refractivity (Wildman–Crippen MR) is 95.5 cm³/mol. The highest BCUT2D eigenvalue weighted by atomic mass is 16.4. The van der Waals surface area contributed by atoms with E-state index in [1.54, 1.807) is 0 Å². The molecule has 2 aliphatic heterocycles. The number of nitrogens with one attached hydrogen (secondary N) is 1. The standard InChI is InChI=1S/C18H26N4O3/c19-16-12-21(18(24)25)11-15-17(23)20-9-4-2-1-3-6-13-7-5-8-14(10-13)22(15)16/h5,7-8,10,15-16H,1-4,6,9,11-12,19H2,(H,20,23)(H,24,25). The second-order valence-corrected chi connectivity index (χ2v) is 6.80. The van der Waals surface area contributed by atoms with Gasteiger partial charge in [0, 0.05) is 12.2 Å². The Morgan fingerprint density at radius 1 is 1.20 bits per heavy atom. The summed E-state index contributed by atoms with van der Waals surface area (Å²) in [6, 6.07) is 7.48. The molecule has 0 aromatic heterocycles. The number of benzene rings is 1. The molecule has 1 aromatic carbocycles. The van der Waals surface area contributed by atoms with Crippen molar-refractivity contribution in [3.05, 3.63) is 29.8 Å². The Balaban J connectivity index is 1.94. The van der Waals surface area contributed by atoms with Gasteiger partial charge in [0.15, 0.2) is 0 Å². The van der Waals surface area contributed by atoms with Crippen LogP contribution in [0.4, 0.5) is 10.5 Å². The number of hydrogen-bond donors (Lipinski definition) is 3. The fourth-order valence-electron chi connectivity index (χ4n) is 3.66. The van der Waals surface area contributed by atoms with Crippen LogP contribution in [0.1, 0.15) is 31.2 Å². The highest BCUT2D eigenvalue weighted by Gasteiger charge is 2.38. The number of nitrogens with zero attached hydrogens (tertiary/aromatic N) is 2. The van der Waals surface area contributed by atoms with E-state index in [2.05, 4.69) is 17.4 Å². The monoisotopic (exact) mass is 346 g/mol. The summed E-state index contributed by atoms with van der Waals surface area (Å²) in [5.41, 5.74) is 8.38. The lowest BCUT2D eigenvalue weighted by Crippen LogP contribution is -2.67. The third kappa shape index (κ3) is 4.04. The minimum absolute atomic E-state index is 0.124. The maximum atomic E-state index is 12.7. The van der Waals surface area contributed by atoms with E-state index in [1.165, 1.54) is 10.5 Å². The second kappa shape index (κ2) is 7.74. The number of rotatable bonds is 0. The Morgan fingerprint density at radius 2 is 2.00 bits per heavy atom. The number of nitrogens with two attached hydrogens (primary N) is 1. The molecule has 0 radical (unpaired) electrons. The number of aryl methyl sites for hydroxylation is 1. The number of amides is 2. The van der Waals surface area contributed by atoms with Crippen LogP contribution >= 0.6 is 0 Å². The van der Waals surface area contributed by atoms with E-state index in [9.17, 15) is 14.7 Å². The van der Waals surface area contributed by atoms with Gasteiger partial charge in [0.25, 0.3) is 0 Å². The zero-order valence-electron chi connectivity index (χ0n) is 14.4. The van der Waals surface area contributed by atoms with Gasteiger partial charge in [0.2, 0.25) is 5.91 Å². The Hall–Kier alpha value is -2.28. The number of anilines is 1. The average Bonchev–Trinajstić information content (AvgIpc) is 2.60. The summed E-state index contributed by atoms with van der Waals surface area (Å²) in [7, 11) is 0.